The van der Waals surface area contributed by atoms with Crippen molar-refractivity contribution < 1.29 is 19.0 Å². The molecule has 2 heterocycles. The number of unbranched alkanes of at least 4 members (excludes halogenated alkanes) is 14. The zero-order valence-corrected chi connectivity index (χ0v) is 34.3. The molecular weight excluding hydrogens is 681 g/mol. The molecule has 0 saturated carbocycles. The van der Waals surface area contributed by atoms with Crippen molar-refractivity contribution in [3.05, 3.63) is 57.9 Å². The van der Waals surface area contributed by atoms with Gasteiger partial charge in [0.2, 0.25) is 11.3 Å². The molecule has 2 aromatic carbocycles. The van der Waals surface area contributed by atoms with E-state index in [-0.39, 0.29) is 5.91 Å². The lowest BCUT2D eigenvalue weighted by atomic mass is 10.0. The van der Waals surface area contributed by atoms with Crippen LogP contribution in [0.2, 0.25) is 0 Å². The van der Waals surface area contributed by atoms with Crippen LogP contribution in [0.15, 0.2) is 42.5 Å². The van der Waals surface area contributed by atoms with Gasteiger partial charge in [-0.3, -0.25) is 4.79 Å². The number of carbonyl (C=O) groups excluding carboxylic acids is 1. The molecule has 294 valence electrons. The van der Waals surface area contributed by atoms with Crippen molar-refractivity contribution >= 4 is 33.6 Å². The highest BCUT2D eigenvalue weighted by molar-refractivity contribution is 7.91. The van der Waals surface area contributed by atoms with Crippen LogP contribution in [0.25, 0.3) is 6.08 Å². The highest BCUT2D eigenvalue weighted by Gasteiger charge is 2.15. The van der Waals surface area contributed by atoms with Gasteiger partial charge in [0.25, 0.3) is 4.99 Å². The maximum Gasteiger partial charge on any atom is 0.262 e. The Morgan fingerprint density at radius 3 is 1.91 bits per heavy atom. The fourth-order valence-electron chi connectivity index (χ4n) is 6.69. The second kappa shape index (κ2) is 25.2. The second-order valence-corrected chi connectivity index (χ2v) is 15.9. The first-order valence-corrected chi connectivity index (χ1v) is 21.5. The first kappa shape index (κ1) is 42.8. The summed E-state index contributed by atoms with van der Waals surface area (Å²) in [6, 6.07) is 12.4. The maximum atomic E-state index is 12.8. The number of nitrogens with one attached hydrogen (secondary N) is 1. The van der Waals surface area contributed by atoms with Gasteiger partial charge in [0.05, 0.1) is 13.2 Å². The van der Waals surface area contributed by atoms with Crippen LogP contribution in [0.1, 0.15) is 115 Å². The molecule has 0 atom stereocenters. The number of likely N-dealkylation sites (N-methyl/N-ethyl adjacent to an activating group) is 3. The summed E-state index contributed by atoms with van der Waals surface area (Å²) in [6.07, 6.45) is 24.8. The standard InChI is InChI=1S/C44H68N4O4S/c1-5-6-7-8-9-10-11-12-13-14-15-16-17-18-19-20-43(49)45-38-23-25-42-39(36-38)48(4)44(53-42)26-22-37-21-24-40-41(35-37)52-34-30-47(3)28-32-50-31-27-46(2)29-33-51-40/h21-26,35-36H,5-20,27-34H2,1-4H3/p+1/b26-22+. The van der Waals surface area contributed by atoms with Gasteiger partial charge in [0.1, 0.15) is 24.8 Å². The van der Waals surface area contributed by atoms with E-state index in [1.54, 1.807) is 10.9 Å². The molecule has 2 aliphatic rings. The molecule has 2 aromatic rings. The van der Waals surface area contributed by atoms with Crippen LogP contribution in [-0.4, -0.2) is 94.4 Å². The van der Waals surface area contributed by atoms with Crippen molar-refractivity contribution in [1.29, 1.82) is 0 Å². The molecule has 2 aliphatic heterocycles. The highest BCUT2D eigenvalue weighted by Crippen LogP contribution is 2.29. The summed E-state index contributed by atoms with van der Waals surface area (Å²) in [5.74, 6) is 1.64. The van der Waals surface area contributed by atoms with Gasteiger partial charge in [-0.15, -0.1) is 0 Å². The molecule has 1 amide bonds. The van der Waals surface area contributed by atoms with Gasteiger partial charge >= 0.3 is 0 Å². The molecule has 0 aromatic heterocycles. The number of ether oxygens (including phenoxy) is 3. The number of amides is 1. The van der Waals surface area contributed by atoms with E-state index in [0.29, 0.717) is 19.6 Å². The van der Waals surface area contributed by atoms with Gasteiger partial charge in [-0.2, -0.15) is 4.58 Å². The fraction of sp³-hybridized carbons (Fsp3) is 0.636. The van der Waals surface area contributed by atoms with Crippen molar-refractivity contribution in [2.75, 3.05) is 79.1 Å². The number of rotatable bonds is 19. The number of nitrogens with zero attached hydrogens (tertiary/aromatic N) is 3. The SMILES string of the molecule is CCCCCCCCCCCCCCCCCC(=O)Nc1ccc2c(c1)=[N+](C)C(/C=C/c1ccc3c(c1)OCCN(C)CCOCCN(C)CCO3)=S=2. The molecule has 53 heavy (non-hydrogen) atoms. The van der Waals surface area contributed by atoms with Crippen LogP contribution in [0.5, 0.6) is 11.5 Å². The van der Waals surface area contributed by atoms with Crippen LogP contribution < -0.4 is 24.7 Å². The first-order chi connectivity index (χ1) is 25.9. The van der Waals surface area contributed by atoms with E-state index < -0.39 is 0 Å². The Hall–Kier alpha value is -2.98. The fourth-order valence-corrected chi connectivity index (χ4v) is 7.72. The maximum absolute atomic E-state index is 12.8. The molecule has 1 N–H and O–H groups in total. The minimum atomic E-state index is 0.105. The Labute approximate surface area is 324 Å². The molecule has 0 bridgehead atoms. The minimum absolute atomic E-state index is 0.105. The topological polar surface area (TPSA) is 66.3 Å². The van der Waals surface area contributed by atoms with E-state index >= 15 is 0 Å². The Bertz CT molecular complexity index is 1590. The summed E-state index contributed by atoms with van der Waals surface area (Å²) in [7, 11) is 8.01. The van der Waals surface area contributed by atoms with Crippen molar-refractivity contribution in [2.45, 2.75) is 110 Å². The summed E-state index contributed by atoms with van der Waals surface area (Å²) in [5, 5.41) is 4.25. The lowest BCUT2D eigenvalue weighted by Crippen LogP contribution is -2.30. The van der Waals surface area contributed by atoms with Crippen LogP contribution in [0, 0.1) is 4.51 Å². The number of carbonyl (C=O) groups is 1. The Balaban J connectivity index is 1.20. The van der Waals surface area contributed by atoms with E-state index in [9.17, 15) is 4.79 Å². The van der Waals surface area contributed by atoms with Crippen LogP contribution in [0.3, 0.4) is 0 Å². The van der Waals surface area contributed by atoms with Gasteiger partial charge < -0.3 is 29.3 Å². The molecule has 8 nitrogen and oxygen atoms in total. The van der Waals surface area contributed by atoms with E-state index in [1.807, 2.05) is 12.1 Å². The predicted molar refractivity (Wildman–Crippen MR) is 225 cm³/mol. The summed E-state index contributed by atoms with van der Waals surface area (Å²) < 4.78 is 21.6. The van der Waals surface area contributed by atoms with Gasteiger partial charge in [-0.25, -0.2) is 0 Å². The third-order valence-corrected chi connectivity index (χ3v) is 11.4. The second-order valence-electron chi connectivity index (χ2n) is 14.9. The lowest BCUT2D eigenvalue weighted by molar-refractivity contribution is -0.116. The zero-order valence-electron chi connectivity index (χ0n) is 33.5. The molecule has 4 rings (SSSR count). The smallest absolute Gasteiger partial charge is 0.262 e. The van der Waals surface area contributed by atoms with Crippen molar-refractivity contribution in [2.24, 2.45) is 0 Å². The summed E-state index contributed by atoms with van der Waals surface area (Å²) in [6.45, 7) is 8.26. The quantitative estimate of drug-likeness (QED) is 0.0673. The average molecular weight is 750 g/mol. The molecular formula is C44H69N4O4S+. The monoisotopic (exact) mass is 750 g/mol. The van der Waals surface area contributed by atoms with E-state index in [2.05, 4.69) is 84.2 Å². The third kappa shape index (κ3) is 16.5. The van der Waals surface area contributed by atoms with Crippen molar-refractivity contribution in [3.8, 4) is 11.5 Å². The molecule has 0 radical (unpaired) electrons. The molecule has 0 unspecified atom stereocenters. The Morgan fingerprint density at radius 2 is 1.28 bits per heavy atom. The van der Waals surface area contributed by atoms with Crippen molar-refractivity contribution in [1.82, 2.24) is 14.4 Å². The molecule has 0 spiro atoms. The zero-order chi connectivity index (χ0) is 37.5. The highest BCUT2D eigenvalue weighted by atomic mass is 32.1. The average Bonchev–Trinajstić information content (AvgIpc) is 3.46. The predicted octanol–water partition coefficient (Wildman–Crippen LogP) is 8.50. The Kier molecular flexibility index (Phi) is 20.3. The number of fused-ring (bicyclic) bond motifs is 2. The van der Waals surface area contributed by atoms with E-state index in [0.717, 1.165) is 85.3 Å². The van der Waals surface area contributed by atoms with E-state index in [1.165, 1.54) is 88.0 Å². The third-order valence-electron chi connectivity index (χ3n) is 10.2. The van der Waals surface area contributed by atoms with Gasteiger partial charge in [-0.05, 0) is 56.4 Å². The molecule has 9 heteroatoms. The van der Waals surface area contributed by atoms with Crippen LogP contribution in [0.4, 0.5) is 5.69 Å². The Morgan fingerprint density at radius 1 is 0.717 bits per heavy atom. The minimum Gasteiger partial charge on any atom is -0.488 e. The normalized spacial score (nSPS) is 16.3. The van der Waals surface area contributed by atoms with E-state index in [4.69, 9.17) is 14.2 Å². The van der Waals surface area contributed by atoms with Gasteiger partial charge in [0, 0.05) is 50.4 Å². The molecule has 0 aliphatic carbocycles. The number of benzene rings is 2. The summed E-state index contributed by atoms with van der Waals surface area (Å²) in [4.78, 5) is 18.3. The van der Waals surface area contributed by atoms with Crippen LogP contribution in [-0.2, 0) is 9.53 Å². The van der Waals surface area contributed by atoms with Gasteiger partial charge in [-0.1, -0.05) is 114 Å². The van der Waals surface area contributed by atoms with Crippen LogP contribution >= 0.6 is 10.9 Å². The first-order valence-electron chi connectivity index (χ1n) is 20.7. The summed E-state index contributed by atoms with van der Waals surface area (Å²) >= 11 is 0. The summed E-state index contributed by atoms with van der Waals surface area (Å²) in [5.41, 5.74) is 1.91. The number of hydrogen-bond acceptors (Lipinski definition) is 6. The molecule has 0 fully saturated rings. The lowest BCUT2D eigenvalue weighted by Gasteiger charge is -2.18. The van der Waals surface area contributed by atoms with Gasteiger partial charge in [0.15, 0.2) is 11.5 Å². The largest absolute Gasteiger partial charge is 0.488 e. The number of hydrogen-bond donors (Lipinski definition) is 1. The van der Waals surface area contributed by atoms with Crippen molar-refractivity contribution in [3.63, 3.8) is 0 Å². The molecule has 0 saturated heterocycles. The number of anilines is 1.